The van der Waals surface area contributed by atoms with Crippen molar-refractivity contribution in [3.8, 4) is 5.75 Å². The number of carbonyl (C=O) groups is 2. The zero-order chi connectivity index (χ0) is 20.0. The van der Waals surface area contributed by atoms with Gasteiger partial charge in [-0.15, -0.1) is 0 Å². The van der Waals surface area contributed by atoms with Crippen LogP contribution in [0.1, 0.15) is 40.8 Å². The van der Waals surface area contributed by atoms with Crippen LogP contribution < -0.4 is 10.1 Å². The Balaban J connectivity index is 1.79. The van der Waals surface area contributed by atoms with E-state index in [-0.39, 0.29) is 25.2 Å². The Morgan fingerprint density at radius 1 is 0.926 bits per heavy atom. The summed E-state index contributed by atoms with van der Waals surface area (Å²) >= 11 is 0. The van der Waals surface area contributed by atoms with Crippen molar-refractivity contribution in [2.24, 2.45) is 0 Å². The van der Waals surface area contributed by atoms with E-state index in [1.165, 1.54) is 11.1 Å². The highest BCUT2D eigenvalue weighted by molar-refractivity contribution is 5.81. The van der Waals surface area contributed by atoms with Crippen LogP contribution in [0.4, 0.5) is 0 Å². The highest BCUT2D eigenvalue weighted by atomic mass is 16.6. The summed E-state index contributed by atoms with van der Waals surface area (Å²) in [6, 6.07) is 11.6. The predicted octanol–water partition coefficient (Wildman–Crippen LogP) is 3.72. The van der Waals surface area contributed by atoms with Crippen LogP contribution in [0.5, 0.6) is 5.75 Å². The summed E-state index contributed by atoms with van der Waals surface area (Å²) in [5.41, 5.74) is 5.28. The molecule has 0 aliphatic heterocycles. The van der Waals surface area contributed by atoms with Gasteiger partial charge in [0.2, 0.25) is 0 Å². The number of benzene rings is 2. The molecule has 1 N–H and O–H groups in total. The molecule has 0 bridgehead atoms. The first-order chi connectivity index (χ1) is 12.8. The van der Waals surface area contributed by atoms with Crippen LogP contribution in [0.25, 0.3) is 0 Å². The minimum Gasteiger partial charge on any atom is -0.481 e. The minimum absolute atomic E-state index is 0.165. The Hall–Kier alpha value is -2.82. The van der Waals surface area contributed by atoms with Crippen LogP contribution in [0.15, 0.2) is 36.4 Å². The second-order valence-electron chi connectivity index (χ2n) is 6.80. The maximum atomic E-state index is 12.0. The zero-order valence-electron chi connectivity index (χ0n) is 16.6. The van der Waals surface area contributed by atoms with Crippen molar-refractivity contribution in [3.05, 3.63) is 64.2 Å². The highest BCUT2D eigenvalue weighted by Gasteiger charge is 2.13. The van der Waals surface area contributed by atoms with Crippen molar-refractivity contribution in [3.63, 3.8) is 0 Å². The molecule has 5 heteroatoms. The van der Waals surface area contributed by atoms with Crippen LogP contribution in [0.3, 0.4) is 0 Å². The Labute approximate surface area is 160 Å². The van der Waals surface area contributed by atoms with Gasteiger partial charge in [0.05, 0.1) is 6.04 Å². The number of ether oxygens (including phenoxy) is 2. The van der Waals surface area contributed by atoms with Crippen molar-refractivity contribution in [2.45, 2.75) is 40.7 Å². The van der Waals surface area contributed by atoms with Crippen molar-refractivity contribution in [1.82, 2.24) is 5.32 Å². The fourth-order valence-electron chi connectivity index (χ4n) is 2.75. The molecule has 2 aromatic rings. The van der Waals surface area contributed by atoms with Gasteiger partial charge in [0.1, 0.15) is 5.75 Å². The van der Waals surface area contributed by atoms with E-state index in [0.29, 0.717) is 5.75 Å². The normalized spacial score (nSPS) is 11.6. The number of para-hydroxylation sites is 1. The molecule has 0 fully saturated rings. The van der Waals surface area contributed by atoms with E-state index in [1.807, 2.05) is 71.0 Å². The monoisotopic (exact) mass is 369 g/mol. The van der Waals surface area contributed by atoms with E-state index in [2.05, 4.69) is 5.32 Å². The molecule has 0 radical (unpaired) electrons. The molecule has 0 spiro atoms. The van der Waals surface area contributed by atoms with Crippen molar-refractivity contribution < 1.29 is 19.1 Å². The summed E-state index contributed by atoms with van der Waals surface area (Å²) in [6.45, 7) is 9.24. The second-order valence-corrected chi connectivity index (χ2v) is 6.80. The van der Waals surface area contributed by atoms with Gasteiger partial charge in [0.25, 0.3) is 5.91 Å². The Kier molecular flexibility index (Phi) is 6.99. The predicted molar refractivity (Wildman–Crippen MR) is 105 cm³/mol. The molecule has 2 rings (SSSR count). The first-order valence-electron chi connectivity index (χ1n) is 8.99. The first-order valence-corrected chi connectivity index (χ1v) is 8.99. The number of carbonyl (C=O) groups excluding carboxylic acids is 2. The smallest absolute Gasteiger partial charge is 0.344 e. The van der Waals surface area contributed by atoms with E-state index < -0.39 is 5.97 Å². The summed E-state index contributed by atoms with van der Waals surface area (Å²) in [5.74, 6) is -0.255. The van der Waals surface area contributed by atoms with E-state index in [4.69, 9.17) is 9.47 Å². The fraction of sp³-hybridized carbons (Fsp3) is 0.364. The largest absolute Gasteiger partial charge is 0.481 e. The van der Waals surface area contributed by atoms with Gasteiger partial charge in [-0.2, -0.15) is 0 Å². The lowest BCUT2D eigenvalue weighted by molar-refractivity contribution is -0.150. The van der Waals surface area contributed by atoms with Crippen LogP contribution in [-0.4, -0.2) is 25.1 Å². The maximum Gasteiger partial charge on any atom is 0.344 e. The number of hydrogen-bond donors (Lipinski definition) is 1. The molecule has 144 valence electrons. The standard InChI is InChI=1S/C22H27NO4/c1-14-9-10-19(11-17(14)4)18(5)23-20(24)12-26-21(25)13-27-22-15(2)7-6-8-16(22)3/h6-11,18H,12-13H2,1-5H3,(H,23,24). The summed E-state index contributed by atoms with van der Waals surface area (Å²) in [4.78, 5) is 23.9. The molecular weight excluding hydrogens is 342 g/mol. The molecule has 0 aromatic heterocycles. The Bertz CT molecular complexity index is 809. The van der Waals surface area contributed by atoms with Crippen LogP contribution in [0.2, 0.25) is 0 Å². The lowest BCUT2D eigenvalue weighted by Crippen LogP contribution is -2.32. The van der Waals surface area contributed by atoms with Crippen LogP contribution >= 0.6 is 0 Å². The SMILES string of the molecule is Cc1ccc(C(C)NC(=O)COC(=O)COc2c(C)cccc2C)cc1C. The number of rotatable bonds is 7. The average Bonchev–Trinajstić information content (AvgIpc) is 2.61. The molecule has 0 saturated carbocycles. The van der Waals surface area contributed by atoms with Crippen molar-refractivity contribution >= 4 is 11.9 Å². The lowest BCUT2D eigenvalue weighted by atomic mass is 10.0. The van der Waals surface area contributed by atoms with Gasteiger partial charge in [-0.3, -0.25) is 4.79 Å². The second kappa shape index (κ2) is 9.21. The number of esters is 1. The molecule has 5 nitrogen and oxygen atoms in total. The van der Waals surface area contributed by atoms with Crippen LogP contribution in [0, 0.1) is 27.7 Å². The number of hydrogen-bond acceptors (Lipinski definition) is 4. The molecule has 2 aromatic carbocycles. The summed E-state index contributed by atoms with van der Waals surface area (Å²) in [7, 11) is 0. The molecule has 1 amide bonds. The third-order valence-corrected chi connectivity index (χ3v) is 4.52. The maximum absolute atomic E-state index is 12.0. The lowest BCUT2D eigenvalue weighted by Gasteiger charge is -2.16. The van der Waals surface area contributed by atoms with Gasteiger partial charge in [-0.25, -0.2) is 4.79 Å². The van der Waals surface area contributed by atoms with Gasteiger partial charge in [-0.1, -0.05) is 36.4 Å². The van der Waals surface area contributed by atoms with E-state index in [1.54, 1.807) is 0 Å². The topological polar surface area (TPSA) is 64.6 Å². The quantitative estimate of drug-likeness (QED) is 0.756. The van der Waals surface area contributed by atoms with Gasteiger partial charge in [0, 0.05) is 0 Å². The first kappa shape index (κ1) is 20.5. The van der Waals surface area contributed by atoms with E-state index in [9.17, 15) is 9.59 Å². The van der Waals surface area contributed by atoms with E-state index in [0.717, 1.165) is 16.7 Å². The third kappa shape index (κ3) is 5.84. The molecule has 0 aliphatic rings. The number of nitrogens with one attached hydrogen (secondary N) is 1. The minimum atomic E-state index is -0.577. The Morgan fingerprint density at radius 2 is 1.59 bits per heavy atom. The van der Waals surface area contributed by atoms with Gasteiger partial charge in [-0.05, 0) is 62.4 Å². The summed E-state index contributed by atoms with van der Waals surface area (Å²) in [5, 5.41) is 2.83. The summed E-state index contributed by atoms with van der Waals surface area (Å²) in [6.07, 6.45) is 0. The molecule has 0 aliphatic carbocycles. The van der Waals surface area contributed by atoms with Gasteiger partial charge in [0.15, 0.2) is 13.2 Å². The van der Waals surface area contributed by atoms with Gasteiger partial charge < -0.3 is 14.8 Å². The molecule has 0 heterocycles. The fourth-order valence-corrected chi connectivity index (χ4v) is 2.75. The molecular formula is C22H27NO4. The average molecular weight is 369 g/mol. The zero-order valence-corrected chi connectivity index (χ0v) is 16.6. The Morgan fingerprint density at radius 3 is 2.22 bits per heavy atom. The summed E-state index contributed by atoms with van der Waals surface area (Å²) < 4.78 is 10.5. The van der Waals surface area contributed by atoms with Crippen molar-refractivity contribution in [2.75, 3.05) is 13.2 Å². The molecule has 27 heavy (non-hydrogen) atoms. The molecule has 0 saturated heterocycles. The van der Waals surface area contributed by atoms with Crippen molar-refractivity contribution in [1.29, 1.82) is 0 Å². The number of aryl methyl sites for hydroxylation is 4. The molecule has 1 unspecified atom stereocenters. The van der Waals surface area contributed by atoms with Crippen LogP contribution in [-0.2, 0) is 14.3 Å². The highest BCUT2D eigenvalue weighted by Crippen LogP contribution is 2.22. The van der Waals surface area contributed by atoms with Gasteiger partial charge >= 0.3 is 5.97 Å². The third-order valence-electron chi connectivity index (χ3n) is 4.52. The molecule has 1 atom stereocenters. The number of amides is 1. The van der Waals surface area contributed by atoms with E-state index >= 15 is 0 Å².